The Morgan fingerprint density at radius 3 is 1.89 bits per heavy atom. The number of hydrogen-bond acceptors (Lipinski definition) is 4. The maximum absolute atomic E-state index is 8.11. The lowest BCUT2D eigenvalue weighted by atomic mass is 10.5. The Balaban J connectivity index is 0. The van der Waals surface area contributed by atoms with E-state index in [1.54, 1.807) is 0 Å². The molecule has 0 saturated heterocycles. The summed E-state index contributed by atoms with van der Waals surface area (Å²) in [5, 5.41) is 16.0. The standard InChI is InChI=1S/C3H8O2.C2H8N2/c1-3(5)2-4;1-2-4-3/h3-5H,2H2,1H3;4H,2-3H2,1H3. The molecule has 0 aliphatic heterocycles. The Morgan fingerprint density at radius 2 is 1.89 bits per heavy atom. The average Bonchev–Trinajstić information content (AvgIpc) is 1.89. The van der Waals surface area contributed by atoms with Crippen LogP contribution < -0.4 is 11.3 Å². The van der Waals surface area contributed by atoms with Gasteiger partial charge in [0.05, 0.1) is 12.7 Å². The minimum atomic E-state index is -0.560. The highest BCUT2D eigenvalue weighted by Gasteiger charge is 1.83. The normalized spacial score (nSPS) is 11.7. The molecule has 0 bridgehead atoms. The molecular formula is C5H16N2O2. The zero-order chi connectivity index (χ0) is 7.70. The lowest BCUT2D eigenvalue weighted by Gasteiger charge is -1.90. The summed E-state index contributed by atoms with van der Waals surface area (Å²) in [6.45, 7) is 4.18. The SMILES string of the molecule is CC(O)CO.CCNN. The summed E-state index contributed by atoms with van der Waals surface area (Å²) in [5.41, 5.74) is 2.43. The van der Waals surface area contributed by atoms with Gasteiger partial charge >= 0.3 is 0 Å². The molecule has 5 N–H and O–H groups in total. The van der Waals surface area contributed by atoms with Crippen LogP contribution in [-0.4, -0.2) is 29.5 Å². The third kappa shape index (κ3) is 33.2. The third-order valence-corrected chi connectivity index (χ3v) is 0.468. The fraction of sp³-hybridized carbons (Fsp3) is 1.00. The third-order valence-electron chi connectivity index (χ3n) is 0.468. The van der Waals surface area contributed by atoms with Gasteiger partial charge in [0.25, 0.3) is 0 Å². The van der Waals surface area contributed by atoms with Crippen molar-refractivity contribution in [1.29, 1.82) is 0 Å². The Bertz CT molecular complexity index is 39.9. The first-order valence-electron chi connectivity index (χ1n) is 2.91. The molecule has 1 atom stereocenters. The van der Waals surface area contributed by atoms with Gasteiger partial charge in [0.2, 0.25) is 0 Å². The second kappa shape index (κ2) is 10.8. The first-order chi connectivity index (χ1) is 4.18. The highest BCUT2D eigenvalue weighted by molar-refractivity contribution is 4.34. The van der Waals surface area contributed by atoms with Crippen LogP contribution in [0.15, 0.2) is 0 Å². The van der Waals surface area contributed by atoms with Crippen molar-refractivity contribution < 1.29 is 10.2 Å². The Kier molecular flexibility index (Phi) is 13.9. The van der Waals surface area contributed by atoms with Gasteiger partial charge in [0, 0.05) is 6.54 Å². The lowest BCUT2D eigenvalue weighted by Crippen LogP contribution is -2.20. The molecule has 0 saturated carbocycles. The number of aliphatic hydroxyl groups is 2. The summed E-state index contributed by atoms with van der Waals surface area (Å²) < 4.78 is 0. The van der Waals surface area contributed by atoms with E-state index in [1.165, 1.54) is 6.92 Å². The largest absolute Gasteiger partial charge is 0.394 e. The van der Waals surface area contributed by atoms with E-state index in [2.05, 4.69) is 5.43 Å². The van der Waals surface area contributed by atoms with Crippen LogP contribution in [0, 0.1) is 0 Å². The quantitative estimate of drug-likeness (QED) is 0.285. The van der Waals surface area contributed by atoms with Crippen molar-refractivity contribution in [2.45, 2.75) is 20.0 Å². The summed E-state index contributed by atoms with van der Waals surface area (Å²) >= 11 is 0. The molecular weight excluding hydrogens is 120 g/mol. The van der Waals surface area contributed by atoms with Gasteiger partial charge in [-0.15, -0.1) is 0 Å². The van der Waals surface area contributed by atoms with Gasteiger partial charge in [-0.25, -0.2) is 0 Å². The van der Waals surface area contributed by atoms with Crippen LogP contribution >= 0.6 is 0 Å². The molecule has 0 aliphatic rings. The van der Waals surface area contributed by atoms with Crippen molar-refractivity contribution in [2.75, 3.05) is 13.2 Å². The predicted molar refractivity (Wildman–Crippen MR) is 36.6 cm³/mol. The smallest absolute Gasteiger partial charge is 0.0742 e. The maximum atomic E-state index is 8.11. The van der Waals surface area contributed by atoms with Crippen LogP contribution in [-0.2, 0) is 0 Å². The monoisotopic (exact) mass is 136 g/mol. The van der Waals surface area contributed by atoms with Gasteiger partial charge in [-0.1, -0.05) is 6.92 Å². The van der Waals surface area contributed by atoms with Gasteiger partial charge in [0.1, 0.15) is 0 Å². The highest BCUT2D eigenvalue weighted by Crippen LogP contribution is 1.68. The average molecular weight is 136 g/mol. The van der Waals surface area contributed by atoms with Crippen molar-refractivity contribution in [3.05, 3.63) is 0 Å². The van der Waals surface area contributed by atoms with Crippen LogP contribution in [0.25, 0.3) is 0 Å². The molecule has 0 spiro atoms. The van der Waals surface area contributed by atoms with Gasteiger partial charge < -0.3 is 10.2 Å². The van der Waals surface area contributed by atoms with Gasteiger partial charge in [-0.3, -0.25) is 11.3 Å². The van der Waals surface area contributed by atoms with Crippen molar-refractivity contribution in [3.63, 3.8) is 0 Å². The van der Waals surface area contributed by atoms with Gasteiger partial charge in [-0.2, -0.15) is 0 Å². The molecule has 0 amide bonds. The summed E-state index contributed by atoms with van der Waals surface area (Å²) in [4.78, 5) is 0. The first kappa shape index (κ1) is 11.6. The number of hydrogen-bond donors (Lipinski definition) is 4. The Labute approximate surface area is 55.7 Å². The Morgan fingerprint density at radius 1 is 1.67 bits per heavy atom. The van der Waals surface area contributed by atoms with Crippen LogP contribution in [0.4, 0.5) is 0 Å². The van der Waals surface area contributed by atoms with Crippen LogP contribution in [0.1, 0.15) is 13.8 Å². The molecule has 0 rings (SSSR count). The van der Waals surface area contributed by atoms with Crippen LogP contribution in [0.3, 0.4) is 0 Å². The molecule has 4 heteroatoms. The first-order valence-corrected chi connectivity index (χ1v) is 2.91. The van der Waals surface area contributed by atoms with E-state index in [0.29, 0.717) is 0 Å². The van der Waals surface area contributed by atoms with Crippen molar-refractivity contribution in [2.24, 2.45) is 5.84 Å². The second-order valence-corrected chi connectivity index (χ2v) is 1.59. The summed E-state index contributed by atoms with van der Waals surface area (Å²) in [7, 11) is 0. The zero-order valence-corrected chi connectivity index (χ0v) is 5.96. The predicted octanol–water partition coefficient (Wildman–Crippen LogP) is -1.17. The van der Waals surface area contributed by atoms with Crippen LogP contribution in [0.5, 0.6) is 0 Å². The molecule has 0 aromatic heterocycles. The fourth-order valence-corrected chi connectivity index (χ4v) is 0. The molecule has 0 aliphatic carbocycles. The van der Waals surface area contributed by atoms with E-state index in [9.17, 15) is 0 Å². The van der Waals surface area contributed by atoms with E-state index < -0.39 is 6.10 Å². The van der Waals surface area contributed by atoms with Gasteiger partial charge in [-0.05, 0) is 6.92 Å². The topological polar surface area (TPSA) is 78.5 Å². The fourth-order valence-electron chi connectivity index (χ4n) is 0. The zero-order valence-electron chi connectivity index (χ0n) is 5.96. The Hall–Kier alpha value is -0.160. The van der Waals surface area contributed by atoms with Crippen molar-refractivity contribution >= 4 is 0 Å². The molecule has 9 heavy (non-hydrogen) atoms. The van der Waals surface area contributed by atoms with E-state index in [0.717, 1.165) is 6.54 Å². The van der Waals surface area contributed by atoms with Crippen molar-refractivity contribution in [3.8, 4) is 0 Å². The molecule has 58 valence electrons. The van der Waals surface area contributed by atoms with Crippen LogP contribution in [0.2, 0.25) is 0 Å². The molecule has 4 nitrogen and oxygen atoms in total. The minimum absolute atomic E-state index is 0.139. The number of rotatable bonds is 2. The molecule has 0 fully saturated rings. The van der Waals surface area contributed by atoms with E-state index in [1.807, 2.05) is 6.92 Å². The molecule has 1 unspecified atom stereocenters. The summed E-state index contributed by atoms with van der Waals surface area (Å²) in [6, 6.07) is 0. The maximum Gasteiger partial charge on any atom is 0.0742 e. The minimum Gasteiger partial charge on any atom is -0.394 e. The number of hydrazine groups is 1. The van der Waals surface area contributed by atoms with Crippen molar-refractivity contribution in [1.82, 2.24) is 5.43 Å². The molecule has 0 heterocycles. The number of nitrogens with two attached hydrogens (primary N) is 1. The van der Waals surface area contributed by atoms with E-state index >= 15 is 0 Å². The second-order valence-electron chi connectivity index (χ2n) is 1.59. The van der Waals surface area contributed by atoms with E-state index in [-0.39, 0.29) is 6.61 Å². The van der Waals surface area contributed by atoms with Gasteiger partial charge in [0.15, 0.2) is 0 Å². The highest BCUT2D eigenvalue weighted by atomic mass is 16.3. The molecule has 0 radical (unpaired) electrons. The number of nitrogens with one attached hydrogen (secondary N) is 1. The molecule has 0 aromatic carbocycles. The van der Waals surface area contributed by atoms with E-state index in [4.69, 9.17) is 16.1 Å². The number of aliphatic hydroxyl groups excluding tert-OH is 2. The summed E-state index contributed by atoms with van der Waals surface area (Å²) in [5.74, 6) is 4.78. The summed E-state index contributed by atoms with van der Waals surface area (Å²) in [6.07, 6.45) is -0.560. The lowest BCUT2D eigenvalue weighted by molar-refractivity contribution is 0.110. The molecule has 0 aromatic rings.